The molecule has 9 heteroatoms. The van der Waals surface area contributed by atoms with Crippen molar-refractivity contribution < 1.29 is 22.7 Å². The van der Waals surface area contributed by atoms with Crippen molar-refractivity contribution in [3.05, 3.63) is 23.9 Å². The molecule has 1 saturated heterocycles. The third kappa shape index (κ3) is 4.48. The van der Waals surface area contributed by atoms with E-state index in [-0.39, 0.29) is 30.7 Å². The summed E-state index contributed by atoms with van der Waals surface area (Å²) in [5, 5.41) is -0.529. The van der Waals surface area contributed by atoms with Crippen LogP contribution in [0.25, 0.3) is 0 Å². The lowest BCUT2D eigenvalue weighted by atomic mass is 9.83. The van der Waals surface area contributed by atoms with E-state index in [1.165, 1.54) is 0 Å². The molecule has 1 N–H and O–H groups in total. The number of carbonyl (C=O) groups excluding carboxylic acids is 1. The Balaban J connectivity index is 1.57. The summed E-state index contributed by atoms with van der Waals surface area (Å²) >= 11 is 0. The van der Waals surface area contributed by atoms with Gasteiger partial charge in [0.1, 0.15) is 0 Å². The van der Waals surface area contributed by atoms with Crippen LogP contribution in [-0.4, -0.2) is 67.4 Å². The summed E-state index contributed by atoms with van der Waals surface area (Å²) in [6.45, 7) is 4.00. The number of hydrogen-bond acceptors (Lipinski definition) is 6. The van der Waals surface area contributed by atoms with E-state index in [4.69, 9.17) is 9.47 Å². The Hall–Kier alpha value is -1.71. The van der Waals surface area contributed by atoms with Gasteiger partial charge in [0.05, 0.1) is 24.0 Å². The highest BCUT2D eigenvalue weighted by atomic mass is 32.2. The van der Waals surface area contributed by atoms with E-state index < -0.39 is 15.3 Å². The van der Waals surface area contributed by atoms with E-state index in [1.54, 1.807) is 24.9 Å². The molecule has 0 spiro atoms. The molecule has 1 aliphatic carbocycles. The number of amides is 1. The number of ether oxygens (including phenoxy) is 2. The first-order valence-corrected chi connectivity index (χ1v) is 12.4. The van der Waals surface area contributed by atoms with Gasteiger partial charge in [-0.15, -0.1) is 0 Å². The summed E-state index contributed by atoms with van der Waals surface area (Å²) in [4.78, 5) is 19.1. The number of nitrogens with one attached hydrogen (secondary N) is 1. The fourth-order valence-electron chi connectivity index (χ4n) is 4.68. The zero-order valence-electron chi connectivity index (χ0n) is 17.6. The molecule has 2 bridgehead atoms. The second-order valence-electron chi connectivity index (χ2n) is 8.75. The number of nitrogens with zero attached hydrogens (tertiary/aromatic N) is 2. The molecule has 2 atom stereocenters. The van der Waals surface area contributed by atoms with E-state index in [0.29, 0.717) is 31.4 Å². The Morgan fingerprint density at radius 3 is 2.70 bits per heavy atom. The largest absolute Gasteiger partial charge is 0.467 e. The van der Waals surface area contributed by atoms with E-state index in [1.807, 2.05) is 12.1 Å². The van der Waals surface area contributed by atoms with Gasteiger partial charge in [-0.2, -0.15) is 0 Å². The van der Waals surface area contributed by atoms with Gasteiger partial charge in [-0.3, -0.25) is 4.79 Å². The van der Waals surface area contributed by atoms with Gasteiger partial charge in [0.2, 0.25) is 15.9 Å². The molecule has 0 aromatic carbocycles. The zero-order valence-corrected chi connectivity index (χ0v) is 18.4. The van der Waals surface area contributed by atoms with Gasteiger partial charge in [0.25, 0.3) is 5.91 Å². The number of carbonyl (C=O) groups is 1. The number of aromatic nitrogens is 1. The van der Waals surface area contributed by atoms with Gasteiger partial charge >= 0.3 is 0 Å². The van der Waals surface area contributed by atoms with Crippen LogP contribution in [0.1, 0.15) is 57.4 Å². The highest BCUT2D eigenvalue weighted by Gasteiger charge is 2.40. The summed E-state index contributed by atoms with van der Waals surface area (Å²) in [5.74, 6) is 0.718. The molecule has 5 rings (SSSR count). The molecule has 2 fully saturated rings. The van der Waals surface area contributed by atoms with Gasteiger partial charge < -0.3 is 14.4 Å². The Morgan fingerprint density at radius 1 is 1.20 bits per heavy atom. The number of pyridine rings is 1. The van der Waals surface area contributed by atoms with Crippen LogP contribution >= 0.6 is 0 Å². The van der Waals surface area contributed by atoms with Crippen molar-refractivity contribution in [1.29, 1.82) is 0 Å². The Morgan fingerprint density at radius 2 is 1.97 bits per heavy atom. The van der Waals surface area contributed by atoms with Crippen molar-refractivity contribution >= 4 is 15.9 Å². The van der Waals surface area contributed by atoms with Crippen LogP contribution in [0.15, 0.2) is 18.3 Å². The van der Waals surface area contributed by atoms with Crippen LogP contribution in [0.3, 0.4) is 0 Å². The quantitative estimate of drug-likeness (QED) is 0.775. The molecule has 1 unspecified atom stereocenters. The lowest BCUT2D eigenvalue weighted by Crippen LogP contribution is -2.51. The lowest BCUT2D eigenvalue weighted by molar-refractivity contribution is -0.136. The van der Waals surface area contributed by atoms with Gasteiger partial charge in [-0.1, -0.05) is 6.07 Å². The van der Waals surface area contributed by atoms with E-state index in [0.717, 1.165) is 31.2 Å². The molecule has 1 aromatic rings. The van der Waals surface area contributed by atoms with Crippen molar-refractivity contribution in [1.82, 2.24) is 14.6 Å². The van der Waals surface area contributed by atoms with Crippen LogP contribution in [0.2, 0.25) is 0 Å². The van der Waals surface area contributed by atoms with Crippen molar-refractivity contribution in [2.75, 3.05) is 19.8 Å². The van der Waals surface area contributed by atoms with Gasteiger partial charge in [-0.25, -0.2) is 18.1 Å². The Bertz CT molecular complexity index is 867. The number of sulfonamides is 1. The minimum absolute atomic E-state index is 0.111. The third-order valence-electron chi connectivity index (χ3n) is 6.55. The Labute approximate surface area is 178 Å². The number of rotatable bonds is 3. The maximum absolute atomic E-state index is 13.0. The van der Waals surface area contributed by atoms with E-state index in [9.17, 15) is 13.2 Å². The average molecular weight is 438 g/mol. The predicted molar refractivity (Wildman–Crippen MR) is 112 cm³/mol. The SMILES string of the molecule is CC(C)S(=O)(=O)NC1CCN2C(=O)COc3ncccc3C3CCC(CC3)OC[C@@H]12. The van der Waals surface area contributed by atoms with Gasteiger partial charge in [-0.05, 0) is 57.9 Å². The van der Waals surface area contributed by atoms with Crippen molar-refractivity contribution in [3.8, 4) is 5.88 Å². The van der Waals surface area contributed by atoms with Crippen molar-refractivity contribution in [3.63, 3.8) is 0 Å². The first-order chi connectivity index (χ1) is 14.3. The normalized spacial score (nSPS) is 30.1. The summed E-state index contributed by atoms with van der Waals surface area (Å²) in [5.41, 5.74) is 1.06. The van der Waals surface area contributed by atoms with Crippen LogP contribution in [0.4, 0.5) is 0 Å². The molecule has 4 heterocycles. The van der Waals surface area contributed by atoms with Crippen molar-refractivity contribution in [2.24, 2.45) is 0 Å². The lowest BCUT2D eigenvalue weighted by Gasteiger charge is -2.32. The maximum Gasteiger partial charge on any atom is 0.260 e. The molecule has 1 saturated carbocycles. The first kappa shape index (κ1) is 21.5. The summed E-state index contributed by atoms with van der Waals surface area (Å²) in [6.07, 6.45) is 6.21. The highest BCUT2D eigenvalue weighted by molar-refractivity contribution is 7.90. The summed E-state index contributed by atoms with van der Waals surface area (Å²) in [6, 6.07) is 3.25. The van der Waals surface area contributed by atoms with Crippen LogP contribution in [0.5, 0.6) is 5.88 Å². The molecule has 1 amide bonds. The zero-order chi connectivity index (χ0) is 21.3. The van der Waals surface area contributed by atoms with Crippen LogP contribution in [-0.2, 0) is 19.6 Å². The molecule has 8 nitrogen and oxygen atoms in total. The molecule has 3 aliphatic heterocycles. The number of hydrogen-bond donors (Lipinski definition) is 1. The van der Waals surface area contributed by atoms with Crippen molar-refractivity contribution in [2.45, 2.75) is 75.3 Å². The minimum atomic E-state index is -3.44. The van der Waals surface area contributed by atoms with Crippen LogP contribution in [0, 0.1) is 0 Å². The topological polar surface area (TPSA) is 97.8 Å². The summed E-state index contributed by atoms with van der Waals surface area (Å²) in [7, 11) is -3.44. The molecule has 1 aromatic heterocycles. The maximum atomic E-state index is 13.0. The fraction of sp³-hybridized carbons (Fsp3) is 0.714. The monoisotopic (exact) mass is 437 g/mol. The highest BCUT2D eigenvalue weighted by Crippen LogP contribution is 2.38. The molecule has 166 valence electrons. The van der Waals surface area contributed by atoms with E-state index in [2.05, 4.69) is 9.71 Å². The molecule has 30 heavy (non-hydrogen) atoms. The van der Waals surface area contributed by atoms with Crippen LogP contribution < -0.4 is 9.46 Å². The predicted octanol–water partition coefficient (Wildman–Crippen LogP) is 1.81. The first-order valence-electron chi connectivity index (χ1n) is 10.8. The van der Waals surface area contributed by atoms with Gasteiger partial charge in [0, 0.05) is 24.3 Å². The number of fused-ring (bicyclic) bond motifs is 5. The average Bonchev–Trinajstić information content (AvgIpc) is 3.12. The van der Waals surface area contributed by atoms with E-state index >= 15 is 0 Å². The smallest absolute Gasteiger partial charge is 0.260 e. The molecular formula is C21H31N3O5S. The second-order valence-corrected chi connectivity index (χ2v) is 11.0. The standard InChI is InChI=1S/C21H31N3O5S/c1-14(2)30(26,27)23-18-9-11-24-19(18)12-28-16-7-5-15(6-8-16)17-4-3-10-22-21(17)29-13-20(24)25/h3-4,10,14-16,18-19,23H,5-9,11-13H2,1-2H3/t15?,16?,18?,19-/m0/s1. The third-order valence-corrected chi connectivity index (χ3v) is 8.42. The fourth-order valence-corrected chi connectivity index (χ4v) is 5.65. The van der Waals surface area contributed by atoms with Gasteiger partial charge in [0.15, 0.2) is 6.61 Å². The minimum Gasteiger partial charge on any atom is -0.467 e. The molecular weight excluding hydrogens is 406 g/mol. The summed E-state index contributed by atoms with van der Waals surface area (Å²) < 4.78 is 39.8. The second kappa shape index (κ2) is 8.80. The molecule has 4 aliphatic rings. The Kier molecular flexibility index (Phi) is 6.31. The molecule has 0 radical (unpaired) electrons.